The molecule has 0 aliphatic carbocycles. The second-order valence-corrected chi connectivity index (χ2v) is 2.66. The molecule has 1 aromatic rings. The lowest BCUT2D eigenvalue weighted by atomic mass is 10.2. The van der Waals surface area contributed by atoms with E-state index in [1.807, 2.05) is 6.92 Å². The average molecular weight is 167 g/mol. The van der Waals surface area contributed by atoms with Crippen LogP contribution in [0.3, 0.4) is 0 Å². The third kappa shape index (κ3) is 2.25. The largest absolute Gasteiger partial charge is 0.385 e. The van der Waals surface area contributed by atoms with E-state index in [0.29, 0.717) is 12.2 Å². The average Bonchev–Trinajstić information content (AvgIpc) is 2.05. The Bertz CT molecular complexity index is 252. The number of aliphatic hydroxyl groups excluding tert-OH is 1. The predicted molar refractivity (Wildman–Crippen MR) is 45.7 cm³/mol. The molecule has 1 atom stereocenters. The topological polar surface area (TPSA) is 58.0 Å². The van der Waals surface area contributed by atoms with Crippen LogP contribution < -0.4 is 5.32 Å². The molecular weight excluding hydrogens is 154 g/mol. The molecule has 0 radical (unpaired) electrons. The first kappa shape index (κ1) is 9.09. The Morgan fingerprint density at radius 1 is 1.58 bits per heavy atom. The number of aliphatic hydroxyl groups is 1. The lowest BCUT2D eigenvalue weighted by Crippen LogP contribution is -2.18. The Hall–Kier alpha value is -1.00. The summed E-state index contributed by atoms with van der Waals surface area (Å²) >= 11 is 0. The number of aryl methyl sites for hydroxylation is 1. The van der Waals surface area contributed by atoms with Crippen LogP contribution in [-0.2, 0) is 0 Å². The van der Waals surface area contributed by atoms with Gasteiger partial charge in [-0.3, -0.25) is 9.97 Å². The zero-order valence-corrected chi connectivity index (χ0v) is 7.28. The van der Waals surface area contributed by atoms with E-state index in [1.165, 1.54) is 0 Å². The van der Waals surface area contributed by atoms with Crippen LogP contribution in [0.4, 0.5) is 0 Å². The molecule has 66 valence electrons. The minimum absolute atomic E-state index is 0.498. The van der Waals surface area contributed by atoms with Gasteiger partial charge in [-0.15, -0.1) is 0 Å². The molecule has 1 rings (SSSR count). The number of hydrogen-bond donors (Lipinski definition) is 2. The number of rotatable bonds is 3. The molecule has 12 heavy (non-hydrogen) atoms. The van der Waals surface area contributed by atoms with Gasteiger partial charge < -0.3 is 10.4 Å². The number of nitrogens with one attached hydrogen (secondary N) is 1. The van der Waals surface area contributed by atoms with Crippen LogP contribution in [0.2, 0.25) is 0 Å². The molecular formula is C8H13N3O. The number of aromatic nitrogens is 2. The Labute approximate surface area is 71.7 Å². The summed E-state index contributed by atoms with van der Waals surface area (Å²) in [5, 5.41) is 12.3. The summed E-state index contributed by atoms with van der Waals surface area (Å²) in [5.74, 6) is 0. The Morgan fingerprint density at radius 3 is 2.92 bits per heavy atom. The lowest BCUT2D eigenvalue weighted by Gasteiger charge is -2.08. The lowest BCUT2D eigenvalue weighted by molar-refractivity contribution is 0.172. The fourth-order valence-electron chi connectivity index (χ4n) is 0.941. The summed E-state index contributed by atoms with van der Waals surface area (Å²) < 4.78 is 0. The van der Waals surface area contributed by atoms with Gasteiger partial charge in [0.25, 0.3) is 0 Å². The molecule has 0 bridgehead atoms. The van der Waals surface area contributed by atoms with Crippen molar-refractivity contribution in [2.45, 2.75) is 13.0 Å². The van der Waals surface area contributed by atoms with Gasteiger partial charge in [-0.25, -0.2) is 0 Å². The van der Waals surface area contributed by atoms with Gasteiger partial charge in [0.1, 0.15) is 6.10 Å². The molecule has 0 saturated heterocycles. The summed E-state index contributed by atoms with van der Waals surface area (Å²) in [6.07, 6.45) is 2.67. The fourth-order valence-corrected chi connectivity index (χ4v) is 0.941. The van der Waals surface area contributed by atoms with Crippen LogP contribution in [0.25, 0.3) is 0 Å². The quantitative estimate of drug-likeness (QED) is 0.667. The molecule has 2 N–H and O–H groups in total. The monoisotopic (exact) mass is 167 g/mol. The van der Waals surface area contributed by atoms with Crippen LogP contribution in [-0.4, -0.2) is 28.7 Å². The smallest absolute Gasteiger partial charge is 0.110 e. The first-order valence-corrected chi connectivity index (χ1v) is 3.85. The zero-order chi connectivity index (χ0) is 8.97. The predicted octanol–water partition coefficient (Wildman–Crippen LogP) is 0.0378. The van der Waals surface area contributed by atoms with Gasteiger partial charge in [0.05, 0.1) is 17.6 Å². The number of nitrogens with zero attached hydrogens (tertiary/aromatic N) is 2. The van der Waals surface area contributed by atoms with Crippen LogP contribution in [0.1, 0.15) is 17.5 Å². The molecule has 0 aromatic carbocycles. The van der Waals surface area contributed by atoms with Crippen LogP contribution >= 0.6 is 0 Å². The zero-order valence-electron chi connectivity index (χ0n) is 7.28. The van der Waals surface area contributed by atoms with E-state index < -0.39 is 6.10 Å². The van der Waals surface area contributed by atoms with Crippen molar-refractivity contribution in [1.82, 2.24) is 15.3 Å². The normalized spacial score (nSPS) is 12.9. The minimum atomic E-state index is -0.567. The molecule has 1 aromatic heterocycles. The summed E-state index contributed by atoms with van der Waals surface area (Å²) in [6, 6.07) is 0. The molecule has 4 heteroatoms. The summed E-state index contributed by atoms with van der Waals surface area (Å²) in [6.45, 7) is 2.35. The molecule has 1 unspecified atom stereocenters. The van der Waals surface area contributed by atoms with Gasteiger partial charge in [-0.05, 0) is 14.0 Å². The Kier molecular flexibility index (Phi) is 3.13. The van der Waals surface area contributed by atoms with Crippen LogP contribution in [0, 0.1) is 6.92 Å². The van der Waals surface area contributed by atoms with Crippen molar-refractivity contribution < 1.29 is 5.11 Å². The van der Waals surface area contributed by atoms with Crippen molar-refractivity contribution in [3.8, 4) is 0 Å². The molecule has 1 heterocycles. The van der Waals surface area contributed by atoms with Crippen molar-refractivity contribution in [3.63, 3.8) is 0 Å². The third-order valence-corrected chi connectivity index (χ3v) is 1.51. The standard InChI is InChI=1S/C8H13N3O/c1-6-3-10-4-7(11-6)8(12)5-9-2/h3-4,8-9,12H,5H2,1-2H3. The van der Waals surface area contributed by atoms with Crippen molar-refractivity contribution >= 4 is 0 Å². The first-order chi connectivity index (χ1) is 5.74. The highest BCUT2D eigenvalue weighted by molar-refractivity contribution is 5.04. The van der Waals surface area contributed by atoms with E-state index in [4.69, 9.17) is 0 Å². The van der Waals surface area contributed by atoms with Crippen molar-refractivity contribution in [1.29, 1.82) is 0 Å². The second-order valence-electron chi connectivity index (χ2n) is 2.66. The molecule has 0 aliphatic rings. The SMILES string of the molecule is CNCC(O)c1cncc(C)n1. The minimum Gasteiger partial charge on any atom is -0.385 e. The second kappa shape index (κ2) is 4.13. The highest BCUT2D eigenvalue weighted by atomic mass is 16.3. The van der Waals surface area contributed by atoms with Crippen molar-refractivity contribution in [2.24, 2.45) is 0 Å². The van der Waals surface area contributed by atoms with E-state index in [-0.39, 0.29) is 0 Å². The molecule has 4 nitrogen and oxygen atoms in total. The van der Waals surface area contributed by atoms with Gasteiger partial charge >= 0.3 is 0 Å². The summed E-state index contributed by atoms with van der Waals surface area (Å²) in [5.41, 5.74) is 1.44. The maximum atomic E-state index is 9.48. The molecule has 0 spiro atoms. The van der Waals surface area contributed by atoms with Crippen LogP contribution in [0.15, 0.2) is 12.4 Å². The van der Waals surface area contributed by atoms with Gasteiger partial charge in [-0.1, -0.05) is 0 Å². The summed E-state index contributed by atoms with van der Waals surface area (Å²) in [7, 11) is 1.78. The fraction of sp³-hybridized carbons (Fsp3) is 0.500. The van der Waals surface area contributed by atoms with E-state index in [2.05, 4.69) is 15.3 Å². The van der Waals surface area contributed by atoms with E-state index in [9.17, 15) is 5.11 Å². The van der Waals surface area contributed by atoms with E-state index in [1.54, 1.807) is 19.4 Å². The van der Waals surface area contributed by atoms with Gasteiger partial charge in [0.15, 0.2) is 0 Å². The molecule has 0 aliphatic heterocycles. The van der Waals surface area contributed by atoms with Gasteiger partial charge in [-0.2, -0.15) is 0 Å². The Balaban J connectivity index is 2.73. The maximum Gasteiger partial charge on any atom is 0.110 e. The van der Waals surface area contributed by atoms with Gasteiger partial charge in [0, 0.05) is 12.7 Å². The van der Waals surface area contributed by atoms with Crippen molar-refractivity contribution in [2.75, 3.05) is 13.6 Å². The number of hydrogen-bond acceptors (Lipinski definition) is 4. The van der Waals surface area contributed by atoms with Gasteiger partial charge in [0.2, 0.25) is 0 Å². The first-order valence-electron chi connectivity index (χ1n) is 3.85. The highest BCUT2D eigenvalue weighted by Gasteiger charge is 2.07. The highest BCUT2D eigenvalue weighted by Crippen LogP contribution is 2.06. The molecule has 0 fully saturated rings. The number of likely N-dealkylation sites (N-methyl/N-ethyl adjacent to an activating group) is 1. The van der Waals surface area contributed by atoms with E-state index in [0.717, 1.165) is 5.69 Å². The Morgan fingerprint density at radius 2 is 2.33 bits per heavy atom. The third-order valence-electron chi connectivity index (χ3n) is 1.51. The van der Waals surface area contributed by atoms with Crippen molar-refractivity contribution in [3.05, 3.63) is 23.8 Å². The maximum absolute atomic E-state index is 9.48. The molecule has 0 saturated carbocycles. The van der Waals surface area contributed by atoms with Crippen LogP contribution in [0.5, 0.6) is 0 Å². The molecule has 0 amide bonds. The summed E-state index contributed by atoms with van der Waals surface area (Å²) in [4.78, 5) is 8.08. The van der Waals surface area contributed by atoms with E-state index >= 15 is 0 Å².